The highest BCUT2D eigenvalue weighted by Crippen LogP contribution is 2.44. The van der Waals surface area contributed by atoms with Gasteiger partial charge >= 0.3 is 0 Å². The molecule has 0 unspecified atom stereocenters. The van der Waals surface area contributed by atoms with E-state index in [1.165, 1.54) is 0 Å². The van der Waals surface area contributed by atoms with Crippen molar-refractivity contribution in [3.8, 4) is 11.5 Å². The Morgan fingerprint density at radius 1 is 0.895 bits per heavy atom. The van der Waals surface area contributed by atoms with Crippen LogP contribution in [-0.2, 0) is 10.3 Å². The Morgan fingerprint density at radius 2 is 1.47 bits per heavy atom. The van der Waals surface area contributed by atoms with E-state index in [0.717, 1.165) is 22.4 Å². The Hall–Kier alpha value is -3.77. The summed E-state index contributed by atoms with van der Waals surface area (Å²) in [4.78, 5) is 13.4. The lowest BCUT2D eigenvalue weighted by molar-refractivity contribution is -0.110. The van der Waals surface area contributed by atoms with Crippen LogP contribution in [0.1, 0.15) is 58.2 Å². The van der Waals surface area contributed by atoms with Crippen LogP contribution in [0.5, 0.6) is 11.5 Å². The minimum Gasteiger partial charge on any atom is -0.490 e. The molecule has 0 atom stereocenters. The number of amides is 1. The van der Waals surface area contributed by atoms with Crippen molar-refractivity contribution < 1.29 is 14.3 Å². The van der Waals surface area contributed by atoms with Crippen molar-refractivity contribution in [3.63, 3.8) is 0 Å². The summed E-state index contributed by atoms with van der Waals surface area (Å²) >= 11 is 0. The highest BCUT2D eigenvalue weighted by Gasteiger charge is 2.35. The van der Waals surface area contributed by atoms with E-state index in [-0.39, 0.29) is 17.7 Å². The molecule has 1 aliphatic rings. The lowest BCUT2D eigenvalue weighted by Crippen LogP contribution is -2.46. The summed E-state index contributed by atoms with van der Waals surface area (Å²) in [7, 11) is 0. The van der Waals surface area contributed by atoms with Crippen LogP contribution >= 0.6 is 0 Å². The van der Waals surface area contributed by atoms with E-state index >= 15 is 0 Å². The van der Waals surface area contributed by atoms with Crippen molar-refractivity contribution in [2.75, 3.05) is 23.8 Å². The van der Waals surface area contributed by atoms with Crippen molar-refractivity contribution in [1.82, 2.24) is 0 Å². The van der Waals surface area contributed by atoms with E-state index in [2.05, 4.69) is 50.5 Å². The van der Waals surface area contributed by atoms with Gasteiger partial charge < -0.3 is 25.8 Å². The molecule has 0 saturated heterocycles. The van der Waals surface area contributed by atoms with Crippen LogP contribution in [0.15, 0.2) is 66.7 Å². The molecule has 38 heavy (non-hydrogen) atoms. The van der Waals surface area contributed by atoms with Crippen molar-refractivity contribution in [2.24, 2.45) is 17.6 Å². The number of hydrogen-bond donors (Lipinski definition) is 3. The summed E-state index contributed by atoms with van der Waals surface area (Å²) in [5.41, 5.74) is 12.1. The Kier molecular flexibility index (Phi) is 8.12. The van der Waals surface area contributed by atoms with Gasteiger partial charge in [0.2, 0.25) is 0 Å². The van der Waals surface area contributed by atoms with Crippen LogP contribution in [0.2, 0.25) is 0 Å². The molecule has 1 aliphatic heterocycles. The number of fused-ring (bicyclic) bond motifs is 1. The molecule has 0 radical (unpaired) electrons. The topological polar surface area (TPSA) is 85.6 Å². The minimum atomic E-state index is -0.433. The third-order valence-electron chi connectivity index (χ3n) is 7.31. The minimum absolute atomic E-state index is 0.181. The molecule has 1 heterocycles. The van der Waals surface area contributed by atoms with E-state index < -0.39 is 5.54 Å². The maximum atomic E-state index is 13.4. The predicted octanol–water partition coefficient (Wildman–Crippen LogP) is 6.88. The summed E-state index contributed by atoms with van der Waals surface area (Å²) in [5.74, 6) is 1.60. The number of nitrogens with two attached hydrogens (primary N) is 1. The summed E-state index contributed by atoms with van der Waals surface area (Å²) in [5, 5.41) is 6.56. The van der Waals surface area contributed by atoms with Gasteiger partial charge in [0, 0.05) is 22.9 Å². The summed E-state index contributed by atoms with van der Waals surface area (Å²) < 4.78 is 11.6. The molecular weight excluding hydrogens is 474 g/mol. The zero-order valence-electron chi connectivity index (χ0n) is 23.2. The van der Waals surface area contributed by atoms with Gasteiger partial charge in [0.1, 0.15) is 0 Å². The molecule has 0 aliphatic carbocycles. The van der Waals surface area contributed by atoms with E-state index in [9.17, 15) is 4.79 Å². The average Bonchev–Trinajstić information content (AvgIpc) is 3.22. The van der Waals surface area contributed by atoms with E-state index in [0.29, 0.717) is 41.7 Å². The molecule has 6 heteroatoms. The number of carbonyl (C=O) groups is 1. The first kappa shape index (κ1) is 27.3. The van der Waals surface area contributed by atoms with Crippen molar-refractivity contribution in [3.05, 3.63) is 83.4 Å². The number of benzene rings is 3. The molecule has 0 spiro atoms. The van der Waals surface area contributed by atoms with E-state index in [4.69, 9.17) is 15.2 Å². The summed E-state index contributed by atoms with van der Waals surface area (Å²) in [6, 6.07) is 21.8. The maximum absolute atomic E-state index is 13.4. The lowest BCUT2D eigenvalue weighted by atomic mass is 9.73. The van der Waals surface area contributed by atoms with Crippen LogP contribution in [0.25, 0.3) is 11.3 Å². The van der Waals surface area contributed by atoms with Crippen LogP contribution in [0.3, 0.4) is 0 Å². The number of nitrogens with one attached hydrogen (secondary N) is 2. The van der Waals surface area contributed by atoms with E-state index in [1.54, 1.807) is 0 Å². The second kappa shape index (κ2) is 11.3. The van der Waals surface area contributed by atoms with Crippen molar-refractivity contribution in [2.45, 2.75) is 47.1 Å². The van der Waals surface area contributed by atoms with Gasteiger partial charge in [-0.1, -0.05) is 70.2 Å². The molecule has 3 aromatic carbocycles. The van der Waals surface area contributed by atoms with Crippen LogP contribution in [0.4, 0.5) is 11.4 Å². The number of hydrogen-bond acceptors (Lipinski definition) is 5. The Balaban J connectivity index is 1.82. The van der Waals surface area contributed by atoms with Gasteiger partial charge in [0.05, 0.1) is 30.2 Å². The van der Waals surface area contributed by atoms with Gasteiger partial charge in [-0.3, -0.25) is 4.79 Å². The van der Waals surface area contributed by atoms with Gasteiger partial charge in [-0.25, -0.2) is 0 Å². The Bertz CT molecular complexity index is 1300. The van der Waals surface area contributed by atoms with Crippen LogP contribution in [-0.4, -0.2) is 19.1 Å². The molecule has 6 nitrogen and oxygen atoms in total. The largest absolute Gasteiger partial charge is 0.490 e. The fraction of sp³-hybridized carbons (Fsp3) is 0.344. The third-order valence-corrected chi connectivity index (χ3v) is 7.31. The standard InChI is InChI=1S/C32H39N3O3/c1-7-37-27-18-25-26(19-28(27)38-8-2)35-31(36)29(25)30(22-12-10-9-11-13-22)34-24-16-14-23(15-17-24)32(33,20(3)4)21(5)6/h9-21,34H,7-8,33H2,1-6H3,(H,35,36)/b30-29-. The van der Waals surface area contributed by atoms with E-state index in [1.807, 2.05) is 68.4 Å². The van der Waals surface area contributed by atoms with Crippen LogP contribution < -0.4 is 25.8 Å². The monoisotopic (exact) mass is 513 g/mol. The Morgan fingerprint density at radius 3 is 2.03 bits per heavy atom. The predicted molar refractivity (Wildman–Crippen MR) is 156 cm³/mol. The first-order valence-electron chi connectivity index (χ1n) is 13.4. The fourth-order valence-corrected chi connectivity index (χ4v) is 5.17. The molecular formula is C32H39N3O3. The molecule has 0 aromatic heterocycles. The maximum Gasteiger partial charge on any atom is 0.258 e. The summed E-state index contributed by atoms with van der Waals surface area (Å²) in [6.07, 6.45) is 0. The molecule has 1 amide bonds. The smallest absolute Gasteiger partial charge is 0.258 e. The second-order valence-corrected chi connectivity index (χ2v) is 10.2. The molecule has 200 valence electrons. The fourth-order valence-electron chi connectivity index (χ4n) is 5.17. The normalized spacial score (nSPS) is 14.4. The van der Waals surface area contributed by atoms with Crippen LogP contribution in [0, 0.1) is 11.8 Å². The zero-order chi connectivity index (χ0) is 27.4. The summed E-state index contributed by atoms with van der Waals surface area (Å²) in [6.45, 7) is 13.5. The number of rotatable bonds is 10. The second-order valence-electron chi connectivity index (χ2n) is 10.2. The third kappa shape index (κ3) is 5.14. The average molecular weight is 514 g/mol. The van der Waals surface area contributed by atoms with Gasteiger partial charge in [0.15, 0.2) is 11.5 Å². The SMILES string of the molecule is CCOc1cc2c(cc1OCC)/C(=C(/Nc1ccc(C(N)(C(C)C)C(C)C)cc1)c1ccccc1)C(=O)N2. The van der Waals surface area contributed by atoms with Crippen molar-refractivity contribution >= 4 is 28.6 Å². The van der Waals surface area contributed by atoms with Crippen molar-refractivity contribution in [1.29, 1.82) is 0 Å². The highest BCUT2D eigenvalue weighted by molar-refractivity contribution is 6.37. The molecule has 0 bridgehead atoms. The highest BCUT2D eigenvalue weighted by atomic mass is 16.5. The first-order chi connectivity index (χ1) is 18.2. The zero-order valence-corrected chi connectivity index (χ0v) is 23.2. The molecule has 0 fully saturated rings. The molecule has 4 rings (SSSR count). The van der Waals surface area contributed by atoms with Gasteiger partial charge in [-0.2, -0.15) is 0 Å². The molecule has 4 N–H and O–H groups in total. The van der Waals surface area contributed by atoms with Gasteiger partial charge in [-0.15, -0.1) is 0 Å². The lowest BCUT2D eigenvalue weighted by Gasteiger charge is -2.38. The molecule has 3 aromatic rings. The molecule has 0 saturated carbocycles. The van der Waals surface area contributed by atoms with Gasteiger partial charge in [0.25, 0.3) is 5.91 Å². The number of anilines is 2. The Labute approximate surface area is 226 Å². The first-order valence-corrected chi connectivity index (χ1v) is 13.4. The quantitative estimate of drug-likeness (QED) is 0.257. The number of carbonyl (C=O) groups excluding carboxylic acids is 1. The number of ether oxygens (including phenoxy) is 2. The van der Waals surface area contributed by atoms with Gasteiger partial charge in [-0.05, 0) is 55.0 Å².